The van der Waals surface area contributed by atoms with Gasteiger partial charge in [0.2, 0.25) is 0 Å². The van der Waals surface area contributed by atoms with Gasteiger partial charge in [-0.15, -0.1) is 0 Å². The number of halogens is 3. The first-order chi connectivity index (χ1) is 14.6. The lowest BCUT2D eigenvalue weighted by molar-refractivity contribution is -0.137. The van der Waals surface area contributed by atoms with Crippen LogP contribution in [0.15, 0.2) is 29.4 Å². The summed E-state index contributed by atoms with van der Waals surface area (Å²) in [6.07, 6.45) is -0.0895. The second kappa shape index (κ2) is 9.79. The summed E-state index contributed by atoms with van der Waals surface area (Å²) in [6.45, 7) is 10.9. The van der Waals surface area contributed by atoms with Gasteiger partial charge >= 0.3 is 6.18 Å². The number of ether oxygens (including phenoxy) is 1. The summed E-state index contributed by atoms with van der Waals surface area (Å²) in [7, 11) is 0. The lowest BCUT2D eigenvalue weighted by Crippen LogP contribution is -2.28. The molecule has 0 saturated carbocycles. The van der Waals surface area contributed by atoms with Gasteiger partial charge < -0.3 is 9.84 Å². The SMILES string of the molecule is CCCCc1cn(C(C)(C)C)s/c1=N\C(=O)c1cc(C(F)(F)F)ccc1OCC(C)(C)O. The van der Waals surface area contributed by atoms with Crippen LogP contribution >= 0.6 is 11.5 Å². The average molecular weight is 473 g/mol. The van der Waals surface area contributed by atoms with Crippen LogP contribution in [0.4, 0.5) is 13.2 Å². The third-order valence-electron chi connectivity index (χ3n) is 4.51. The summed E-state index contributed by atoms with van der Waals surface area (Å²) < 4.78 is 47.8. The molecule has 2 rings (SSSR count). The first kappa shape index (κ1) is 26.1. The molecule has 1 N–H and O–H groups in total. The summed E-state index contributed by atoms with van der Waals surface area (Å²) in [4.78, 5) is 17.2. The molecule has 1 heterocycles. The highest BCUT2D eigenvalue weighted by Crippen LogP contribution is 2.33. The minimum Gasteiger partial charge on any atom is -0.490 e. The highest BCUT2D eigenvalue weighted by atomic mass is 32.1. The molecule has 0 saturated heterocycles. The first-order valence-corrected chi connectivity index (χ1v) is 11.3. The molecule has 32 heavy (non-hydrogen) atoms. The van der Waals surface area contributed by atoms with Crippen LogP contribution < -0.4 is 9.41 Å². The van der Waals surface area contributed by atoms with Crippen molar-refractivity contribution in [2.75, 3.05) is 6.61 Å². The number of benzene rings is 1. The van der Waals surface area contributed by atoms with Crippen molar-refractivity contribution in [3.63, 3.8) is 0 Å². The smallest absolute Gasteiger partial charge is 0.416 e. The lowest BCUT2D eigenvalue weighted by Gasteiger charge is -2.19. The zero-order chi connectivity index (χ0) is 24.3. The highest BCUT2D eigenvalue weighted by Gasteiger charge is 2.32. The Bertz CT molecular complexity index is 1010. The molecule has 0 radical (unpaired) electrons. The zero-order valence-corrected chi connectivity index (χ0v) is 20.2. The standard InChI is InChI=1S/C23H31F3N2O3S/c1-7-8-9-15-13-28(21(2,3)4)32-20(15)27-19(29)17-12-16(23(24,25)26)10-11-18(17)31-14-22(5,6)30/h10-13,30H,7-9,14H2,1-6H3/b27-20-. The Morgan fingerprint density at radius 2 is 1.84 bits per heavy atom. The molecule has 178 valence electrons. The van der Waals surface area contributed by atoms with Crippen LogP contribution in [-0.2, 0) is 18.1 Å². The number of aryl methyl sites for hydroxylation is 1. The number of aromatic nitrogens is 1. The van der Waals surface area contributed by atoms with Crippen LogP contribution in [0.25, 0.3) is 0 Å². The van der Waals surface area contributed by atoms with Crippen molar-refractivity contribution >= 4 is 17.4 Å². The van der Waals surface area contributed by atoms with Gasteiger partial charge in [-0.2, -0.15) is 18.2 Å². The van der Waals surface area contributed by atoms with Crippen LogP contribution in [0.2, 0.25) is 0 Å². The van der Waals surface area contributed by atoms with Crippen LogP contribution in [0, 0.1) is 0 Å². The maximum Gasteiger partial charge on any atom is 0.416 e. The van der Waals surface area contributed by atoms with Gasteiger partial charge in [-0.05, 0) is 77.2 Å². The molecule has 1 aromatic carbocycles. The molecule has 1 aromatic heterocycles. The van der Waals surface area contributed by atoms with Gasteiger partial charge in [0, 0.05) is 17.3 Å². The summed E-state index contributed by atoms with van der Waals surface area (Å²) in [5.41, 5.74) is -1.82. The molecule has 0 aliphatic carbocycles. The first-order valence-electron chi connectivity index (χ1n) is 10.5. The fraction of sp³-hybridized carbons (Fsp3) is 0.565. The van der Waals surface area contributed by atoms with Crippen molar-refractivity contribution in [2.24, 2.45) is 4.99 Å². The summed E-state index contributed by atoms with van der Waals surface area (Å²) in [5, 5.41) is 9.91. The summed E-state index contributed by atoms with van der Waals surface area (Å²) >= 11 is 1.30. The molecule has 9 heteroatoms. The van der Waals surface area contributed by atoms with Gasteiger partial charge in [0.15, 0.2) is 0 Å². The van der Waals surface area contributed by atoms with Crippen LogP contribution in [0.3, 0.4) is 0 Å². The van der Waals surface area contributed by atoms with Crippen molar-refractivity contribution < 1.29 is 27.8 Å². The zero-order valence-electron chi connectivity index (χ0n) is 19.3. The van der Waals surface area contributed by atoms with Gasteiger partial charge in [0.05, 0.1) is 16.7 Å². The van der Waals surface area contributed by atoms with E-state index in [0.29, 0.717) is 11.1 Å². The molecule has 0 fully saturated rings. The van der Waals surface area contributed by atoms with Gasteiger partial charge in [-0.1, -0.05) is 13.3 Å². The summed E-state index contributed by atoms with van der Waals surface area (Å²) in [6, 6.07) is 2.70. The number of carbonyl (C=O) groups is 1. The fourth-order valence-electron chi connectivity index (χ4n) is 2.74. The third kappa shape index (κ3) is 7.20. The van der Waals surface area contributed by atoms with Gasteiger partial charge in [-0.3, -0.25) is 8.75 Å². The maximum absolute atomic E-state index is 13.3. The molecule has 0 aliphatic heterocycles. The number of hydrogen-bond donors (Lipinski definition) is 1. The van der Waals surface area contributed by atoms with Crippen molar-refractivity contribution in [3.05, 3.63) is 45.8 Å². The molecular weight excluding hydrogens is 441 g/mol. The average Bonchev–Trinajstić information content (AvgIpc) is 3.06. The quantitative estimate of drug-likeness (QED) is 0.574. The molecule has 0 spiro atoms. The monoisotopic (exact) mass is 472 g/mol. The van der Waals surface area contributed by atoms with E-state index in [4.69, 9.17) is 4.74 Å². The number of alkyl halides is 3. The predicted molar refractivity (Wildman–Crippen MR) is 119 cm³/mol. The number of carbonyl (C=O) groups excluding carboxylic acids is 1. The van der Waals surface area contributed by atoms with E-state index in [9.17, 15) is 23.1 Å². The Kier molecular flexibility index (Phi) is 7.99. The van der Waals surface area contributed by atoms with E-state index in [1.54, 1.807) is 0 Å². The van der Waals surface area contributed by atoms with E-state index in [0.717, 1.165) is 36.6 Å². The van der Waals surface area contributed by atoms with E-state index >= 15 is 0 Å². The number of unbranched alkanes of at least 4 members (excludes halogenated alkanes) is 1. The molecule has 0 unspecified atom stereocenters. The summed E-state index contributed by atoms with van der Waals surface area (Å²) in [5.74, 6) is -0.869. The van der Waals surface area contributed by atoms with E-state index in [1.807, 2.05) is 30.9 Å². The van der Waals surface area contributed by atoms with E-state index < -0.39 is 23.2 Å². The Morgan fingerprint density at radius 1 is 1.19 bits per heavy atom. The Morgan fingerprint density at radius 3 is 2.38 bits per heavy atom. The third-order valence-corrected chi connectivity index (χ3v) is 5.89. The van der Waals surface area contributed by atoms with Crippen LogP contribution in [0.5, 0.6) is 5.75 Å². The van der Waals surface area contributed by atoms with Crippen molar-refractivity contribution in [1.82, 2.24) is 3.96 Å². The normalized spacial score (nSPS) is 13.5. The number of nitrogens with zero attached hydrogens (tertiary/aromatic N) is 2. The van der Waals surface area contributed by atoms with Crippen LogP contribution in [0.1, 0.15) is 75.9 Å². The second-order valence-electron chi connectivity index (χ2n) is 9.38. The minimum atomic E-state index is -4.62. The van der Waals surface area contributed by atoms with Gasteiger partial charge in [0.1, 0.15) is 17.0 Å². The van der Waals surface area contributed by atoms with E-state index in [-0.39, 0.29) is 23.5 Å². The highest BCUT2D eigenvalue weighted by molar-refractivity contribution is 7.04. The Balaban J connectivity index is 2.57. The fourth-order valence-corrected chi connectivity index (χ4v) is 3.78. The molecule has 1 amide bonds. The Labute approximate surface area is 190 Å². The molecule has 0 atom stereocenters. The predicted octanol–water partition coefficient (Wildman–Crippen LogP) is 5.56. The number of rotatable bonds is 7. The largest absolute Gasteiger partial charge is 0.490 e. The minimum absolute atomic E-state index is 0.0516. The molecule has 0 aliphatic rings. The van der Waals surface area contributed by atoms with Gasteiger partial charge in [-0.25, -0.2) is 0 Å². The molecule has 5 nitrogen and oxygen atoms in total. The van der Waals surface area contributed by atoms with E-state index in [1.165, 1.54) is 25.4 Å². The lowest BCUT2D eigenvalue weighted by atomic mass is 10.1. The van der Waals surface area contributed by atoms with E-state index in [2.05, 4.69) is 11.9 Å². The maximum atomic E-state index is 13.3. The van der Waals surface area contributed by atoms with Gasteiger partial charge in [0.25, 0.3) is 5.91 Å². The number of aliphatic hydroxyl groups is 1. The molecule has 2 aromatic rings. The second-order valence-corrected chi connectivity index (χ2v) is 10.3. The molecular formula is C23H31F3N2O3S. The number of hydrogen-bond acceptors (Lipinski definition) is 4. The topological polar surface area (TPSA) is 63.8 Å². The van der Waals surface area contributed by atoms with Crippen molar-refractivity contribution in [1.29, 1.82) is 0 Å². The van der Waals surface area contributed by atoms with Crippen molar-refractivity contribution in [2.45, 2.75) is 78.1 Å². The van der Waals surface area contributed by atoms with Crippen LogP contribution in [-0.4, -0.2) is 27.2 Å². The number of amides is 1. The Hall–Kier alpha value is -2.13. The van der Waals surface area contributed by atoms with Crippen molar-refractivity contribution in [3.8, 4) is 5.75 Å². The molecule has 0 bridgehead atoms.